The molecular weight excluding hydrogens is 273 g/mol. The van der Waals surface area contributed by atoms with E-state index in [2.05, 4.69) is 10.3 Å². The molecule has 0 unspecified atom stereocenters. The first-order valence-corrected chi connectivity index (χ1v) is 5.56. The first-order valence-electron chi connectivity index (χ1n) is 5.56. The summed E-state index contributed by atoms with van der Waals surface area (Å²) in [7, 11) is 0. The van der Waals surface area contributed by atoms with Crippen LogP contribution in [0, 0.1) is 0 Å². The zero-order valence-electron chi connectivity index (χ0n) is 10.2. The van der Waals surface area contributed by atoms with Crippen LogP contribution in [0.15, 0.2) is 41.8 Å². The van der Waals surface area contributed by atoms with Gasteiger partial charge in [-0.05, 0) is 5.56 Å². The molecule has 8 heteroatoms. The maximum absolute atomic E-state index is 12.4. The number of halogens is 3. The number of alkyl halides is 3. The molecule has 0 spiro atoms. The maximum Gasteiger partial charge on any atom is 0.419 e. The molecule has 5 nitrogen and oxygen atoms in total. The molecule has 0 aliphatic heterocycles. The highest BCUT2D eigenvalue weighted by atomic mass is 19.4. The van der Waals surface area contributed by atoms with Crippen molar-refractivity contribution < 1.29 is 18.4 Å². The largest absolute Gasteiger partial charge is 0.419 e. The smallest absolute Gasteiger partial charge is 0.409 e. The van der Waals surface area contributed by atoms with Crippen LogP contribution in [0.5, 0.6) is 0 Å². The van der Waals surface area contributed by atoms with E-state index in [1.165, 1.54) is 4.68 Å². The molecule has 1 aromatic carbocycles. The molecule has 106 valence electrons. The van der Waals surface area contributed by atoms with Crippen LogP contribution in [0.2, 0.25) is 0 Å². The lowest BCUT2D eigenvalue weighted by Crippen LogP contribution is -2.13. The summed E-state index contributed by atoms with van der Waals surface area (Å²) >= 11 is 0. The van der Waals surface area contributed by atoms with Gasteiger partial charge in [0.2, 0.25) is 0 Å². The summed E-state index contributed by atoms with van der Waals surface area (Å²) in [5.74, 6) is -0.0324. The number of oxime groups is 1. The minimum atomic E-state index is -4.39. The highest BCUT2D eigenvalue weighted by molar-refractivity contribution is 5.96. The fraction of sp³-hybridized carbons (Fsp3) is 0.167. The Morgan fingerprint density at radius 2 is 1.95 bits per heavy atom. The van der Waals surface area contributed by atoms with E-state index in [0.29, 0.717) is 5.56 Å². The summed E-state index contributed by atoms with van der Waals surface area (Å²) in [6.45, 7) is 0.201. The number of nitrogens with two attached hydrogens (primary N) is 1. The van der Waals surface area contributed by atoms with Gasteiger partial charge in [-0.25, -0.2) is 0 Å². The van der Waals surface area contributed by atoms with E-state index in [9.17, 15) is 13.2 Å². The molecule has 3 N–H and O–H groups in total. The Kier molecular flexibility index (Phi) is 3.64. The van der Waals surface area contributed by atoms with E-state index in [-0.39, 0.29) is 12.4 Å². The van der Waals surface area contributed by atoms with Gasteiger partial charge in [-0.2, -0.15) is 18.3 Å². The Labute approximate surface area is 112 Å². The van der Waals surface area contributed by atoms with Gasteiger partial charge in [0.05, 0.1) is 18.3 Å². The van der Waals surface area contributed by atoms with Gasteiger partial charge < -0.3 is 10.9 Å². The zero-order chi connectivity index (χ0) is 14.8. The predicted octanol–water partition coefficient (Wildman–Crippen LogP) is 2.04. The second-order valence-corrected chi connectivity index (χ2v) is 4.11. The van der Waals surface area contributed by atoms with Crippen LogP contribution in [0.25, 0.3) is 0 Å². The third-order valence-corrected chi connectivity index (χ3v) is 2.66. The van der Waals surface area contributed by atoms with E-state index in [1.54, 1.807) is 24.3 Å². The number of benzene rings is 1. The van der Waals surface area contributed by atoms with Crippen LogP contribution in [-0.2, 0) is 12.7 Å². The van der Waals surface area contributed by atoms with Gasteiger partial charge in [-0.15, -0.1) is 0 Å². The highest BCUT2D eigenvalue weighted by Gasteiger charge is 2.32. The summed E-state index contributed by atoms with van der Waals surface area (Å²) < 4.78 is 38.4. The lowest BCUT2D eigenvalue weighted by Gasteiger charge is -2.04. The third kappa shape index (κ3) is 3.08. The number of aromatic nitrogens is 2. The first-order chi connectivity index (χ1) is 9.40. The first kappa shape index (κ1) is 13.9. The van der Waals surface area contributed by atoms with Gasteiger partial charge in [-0.3, -0.25) is 4.68 Å². The third-order valence-electron chi connectivity index (χ3n) is 2.66. The van der Waals surface area contributed by atoms with Crippen molar-refractivity contribution >= 4 is 5.84 Å². The Hall–Kier alpha value is -2.51. The van der Waals surface area contributed by atoms with Crippen molar-refractivity contribution in [3.8, 4) is 0 Å². The Morgan fingerprint density at radius 1 is 1.30 bits per heavy atom. The number of amidine groups is 1. The molecule has 0 fully saturated rings. The molecule has 0 aliphatic rings. The molecular formula is C12H11F3N4O. The van der Waals surface area contributed by atoms with Gasteiger partial charge in [0.25, 0.3) is 0 Å². The average molecular weight is 284 g/mol. The molecule has 0 aliphatic carbocycles. The van der Waals surface area contributed by atoms with E-state index in [0.717, 1.165) is 18.0 Å². The second kappa shape index (κ2) is 5.24. The minimum absolute atomic E-state index is 0.0324. The van der Waals surface area contributed by atoms with E-state index < -0.39 is 11.7 Å². The molecule has 1 aromatic heterocycles. The molecule has 1 heterocycles. The quantitative estimate of drug-likeness (QED) is 0.392. The maximum atomic E-state index is 12.4. The Balaban J connectivity index is 2.12. The lowest BCUT2D eigenvalue weighted by molar-refractivity contribution is -0.137. The van der Waals surface area contributed by atoms with E-state index >= 15 is 0 Å². The van der Waals surface area contributed by atoms with Crippen molar-refractivity contribution in [2.45, 2.75) is 12.7 Å². The number of hydrogen-bond donors (Lipinski definition) is 2. The second-order valence-electron chi connectivity index (χ2n) is 4.11. The Bertz CT molecular complexity index is 616. The molecule has 0 saturated carbocycles. The van der Waals surface area contributed by atoms with Crippen LogP contribution >= 0.6 is 0 Å². The van der Waals surface area contributed by atoms with Crippen LogP contribution < -0.4 is 5.73 Å². The number of rotatable bonds is 3. The molecule has 2 rings (SSSR count). The van der Waals surface area contributed by atoms with Crippen LogP contribution in [0.1, 0.15) is 16.7 Å². The molecule has 0 atom stereocenters. The van der Waals surface area contributed by atoms with Crippen molar-refractivity contribution in [3.63, 3.8) is 0 Å². The normalized spacial score (nSPS) is 12.7. The van der Waals surface area contributed by atoms with Crippen molar-refractivity contribution in [3.05, 3.63) is 53.3 Å². The summed E-state index contributed by atoms with van der Waals surface area (Å²) in [4.78, 5) is 0. The summed E-state index contributed by atoms with van der Waals surface area (Å²) in [5.41, 5.74) is 5.89. The van der Waals surface area contributed by atoms with Crippen LogP contribution in [0.3, 0.4) is 0 Å². The molecule has 0 bridgehead atoms. The van der Waals surface area contributed by atoms with Crippen molar-refractivity contribution in [2.24, 2.45) is 10.9 Å². The van der Waals surface area contributed by atoms with Crippen LogP contribution in [-0.4, -0.2) is 20.8 Å². The van der Waals surface area contributed by atoms with E-state index in [4.69, 9.17) is 10.9 Å². The fourth-order valence-electron chi connectivity index (χ4n) is 1.62. The van der Waals surface area contributed by atoms with Gasteiger partial charge in [0.1, 0.15) is 0 Å². The Morgan fingerprint density at radius 3 is 2.45 bits per heavy atom. The molecule has 0 amide bonds. The standard InChI is InChI=1S/C12H11F3N4O/c13-12(14,15)10-5-17-19(7-10)6-8-1-3-9(4-2-8)11(16)18-20/h1-5,7,20H,6H2,(H2,16,18). The topological polar surface area (TPSA) is 76.4 Å². The summed E-state index contributed by atoms with van der Waals surface area (Å²) in [6, 6.07) is 6.56. The van der Waals surface area contributed by atoms with Crippen molar-refractivity contribution in [2.75, 3.05) is 0 Å². The molecule has 2 aromatic rings. The van der Waals surface area contributed by atoms with Gasteiger partial charge in [0, 0.05) is 11.8 Å². The van der Waals surface area contributed by atoms with E-state index in [1.807, 2.05) is 0 Å². The number of hydrogen-bond acceptors (Lipinski definition) is 3. The zero-order valence-corrected chi connectivity index (χ0v) is 10.2. The average Bonchev–Trinajstić information content (AvgIpc) is 2.87. The molecule has 20 heavy (non-hydrogen) atoms. The molecule has 0 saturated heterocycles. The summed E-state index contributed by atoms with van der Waals surface area (Å²) in [6.07, 6.45) is -2.67. The van der Waals surface area contributed by atoms with Crippen LogP contribution in [0.4, 0.5) is 13.2 Å². The minimum Gasteiger partial charge on any atom is -0.409 e. The predicted molar refractivity (Wildman–Crippen MR) is 65.3 cm³/mol. The van der Waals surface area contributed by atoms with Crippen molar-refractivity contribution in [1.82, 2.24) is 9.78 Å². The van der Waals surface area contributed by atoms with Gasteiger partial charge >= 0.3 is 6.18 Å². The lowest BCUT2D eigenvalue weighted by atomic mass is 10.1. The van der Waals surface area contributed by atoms with Gasteiger partial charge in [0.15, 0.2) is 5.84 Å². The van der Waals surface area contributed by atoms with Crippen molar-refractivity contribution in [1.29, 1.82) is 0 Å². The molecule has 0 radical (unpaired) electrons. The fourth-order valence-corrected chi connectivity index (χ4v) is 1.62. The highest BCUT2D eigenvalue weighted by Crippen LogP contribution is 2.28. The van der Waals surface area contributed by atoms with Gasteiger partial charge in [-0.1, -0.05) is 29.4 Å². The number of nitrogens with zero attached hydrogens (tertiary/aromatic N) is 3. The monoisotopic (exact) mass is 284 g/mol. The SMILES string of the molecule is NC(=NO)c1ccc(Cn2cc(C(F)(F)F)cn2)cc1. The summed E-state index contributed by atoms with van der Waals surface area (Å²) in [5, 5.41) is 15.0.